The predicted octanol–water partition coefficient (Wildman–Crippen LogP) is 3.75. The normalized spacial score (nSPS) is 16.2. The number of ether oxygens (including phenoxy) is 1. The third kappa shape index (κ3) is 10.9. The van der Waals surface area contributed by atoms with Gasteiger partial charge in [-0.1, -0.05) is 51.7 Å². The molecule has 224 valence electrons. The second kappa shape index (κ2) is 18.2. The van der Waals surface area contributed by atoms with E-state index in [0.717, 1.165) is 61.2 Å². The highest BCUT2D eigenvalue weighted by Gasteiger charge is 2.24. The predicted molar refractivity (Wildman–Crippen MR) is 155 cm³/mol. The van der Waals surface area contributed by atoms with E-state index in [-0.39, 0.29) is 25.0 Å². The number of amides is 1. The van der Waals surface area contributed by atoms with Gasteiger partial charge in [0.05, 0.1) is 25.4 Å². The molecule has 1 aliphatic rings. The Morgan fingerprint density at radius 2 is 1.70 bits per heavy atom. The highest BCUT2D eigenvalue weighted by Crippen LogP contribution is 2.25. The molecule has 0 aliphatic carbocycles. The Morgan fingerprint density at radius 3 is 2.30 bits per heavy atom. The molecular formula is C30H45NO8S. The molecule has 3 unspecified atom stereocenters. The highest BCUT2D eigenvalue weighted by atomic mass is 32.1. The third-order valence-corrected chi connectivity index (χ3v) is 7.85. The van der Waals surface area contributed by atoms with E-state index in [2.05, 4.69) is 13.8 Å². The molecule has 5 N–H and O–H groups in total. The number of carbonyl (C=O) groups excluding carboxylic acids is 2. The SMILES string of the molecule is CCCCC[C@H](O)c1ccc(N2CCCC2=O)cc1.CCCc1ccc(C(=O)OCCC(O)C(O)C(O)CO)s1. The lowest BCUT2D eigenvalue weighted by atomic mass is 10.0. The average Bonchev–Trinajstić information content (AvgIpc) is 3.62. The summed E-state index contributed by atoms with van der Waals surface area (Å²) >= 11 is 1.38. The summed E-state index contributed by atoms with van der Waals surface area (Å²) in [4.78, 5) is 26.8. The Balaban J connectivity index is 0.000000281. The Kier molecular flexibility index (Phi) is 15.4. The summed E-state index contributed by atoms with van der Waals surface area (Å²) in [7, 11) is 0. The maximum absolute atomic E-state index is 11.8. The summed E-state index contributed by atoms with van der Waals surface area (Å²) in [5, 5.41) is 46.9. The number of anilines is 1. The van der Waals surface area contributed by atoms with Gasteiger partial charge in [-0.3, -0.25) is 4.79 Å². The number of nitrogens with zero attached hydrogens (tertiary/aromatic N) is 1. The van der Waals surface area contributed by atoms with E-state index in [1.807, 2.05) is 35.2 Å². The Morgan fingerprint density at radius 1 is 0.975 bits per heavy atom. The summed E-state index contributed by atoms with van der Waals surface area (Å²) in [5.74, 6) is -0.261. The van der Waals surface area contributed by atoms with Crippen molar-refractivity contribution in [2.24, 2.45) is 0 Å². The number of thiophene rings is 1. The summed E-state index contributed by atoms with van der Waals surface area (Å²) in [6.45, 7) is 4.32. The molecule has 1 aromatic heterocycles. The zero-order valence-electron chi connectivity index (χ0n) is 23.6. The lowest BCUT2D eigenvalue weighted by Crippen LogP contribution is -2.40. The summed E-state index contributed by atoms with van der Waals surface area (Å²) in [6.07, 6.45) is 3.19. The Hall–Kier alpha value is -2.34. The first-order valence-corrected chi connectivity index (χ1v) is 15.0. The van der Waals surface area contributed by atoms with Crippen molar-refractivity contribution < 1.29 is 39.9 Å². The van der Waals surface area contributed by atoms with Crippen LogP contribution in [0.25, 0.3) is 0 Å². The number of aliphatic hydroxyl groups excluding tert-OH is 5. The van der Waals surface area contributed by atoms with Crippen LogP contribution in [0.2, 0.25) is 0 Å². The minimum atomic E-state index is -1.47. The summed E-state index contributed by atoms with van der Waals surface area (Å²) in [5.41, 5.74) is 1.90. The van der Waals surface area contributed by atoms with E-state index >= 15 is 0 Å². The molecule has 1 saturated heterocycles. The zero-order valence-corrected chi connectivity index (χ0v) is 24.4. The van der Waals surface area contributed by atoms with Crippen LogP contribution in [0, 0.1) is 0 Å². The number of aryl methyl sites for hydroxylation is 1. The van der Waals surface area contributed by atoms with Crippen LogP contribution in [0.4, 0.5) is 5.69 Å². The van der Waals surface area contributed by atoms with Crippen molar-refractivity contribution in [1.82, 2.24) is 0 Å². The largest absolute Gasteiger partial charge is 0.461 e. The molecule has 9 nitrogen and oxygen atoms in total. The lowest BCUT2D eigenvalue weighted by molar-refractivity contribution is -0.117. The van der Waals surface area contributed by atoms with Crippen molar-refractivity contribution in [3.05, 3.63) is 51.7 Å². The second-order valence-electron chi connectivity index (χ2n) is 10.0. The van der Waals surface area contributed by atoms with E-state index in [4.69, 9.17) is 9.84 Å². The van der Waals surface area contributed by atoms with Gasteiger partial charge in [0.1, 0.15) is 17.1 Å². The van der Waals surface area contributed by atoms with E-state index in [1.54, 1.807) is 6.07 Å². The standard InChI is InChI=1S/C16H23NO2.C14H22O6S/c1-2-3-4-6-15(18)13-8-10-14(11-9-13)17-12-5-7-16(17)19;1-2-3-9-4-5-12(21-9)14(19)20-7-6-10(16)13(18)11(17)8-15/h8-11,15,18H,2-7,12H2,1H3;4-5,10-11,13,15-18H,2-3,6-8H2,1H3/t15-;/m0./s1. The number of rotatable bonds is 15. The molecule has 0 spiro atoms. The van der Waals surface area contributed by atoms with Gasteiger partial charge in [-0.25, -0.2) is 4.79 Å². The number of esters is 1. The van der Waals surface area contributed by atoms with Gasteiger partial charge in [0.25, 0.3) is 0 Å². The van der Waals surface area contributed by atoms with Crippen molar-refractivity contribution in [2.75, 3.05) is 24.7 Å². The number of benzene rings is 1. The first kappa shape index (κ1) is 33.9. The smallest absolute Gasteiger partial charge is 0.348 e. The van der Waals surface area contributed by atoms with Gasteiger partial charge < -0.3 is 35.2 Å². The van der Waals surface area contributed by atoms with Crippen molar-refractivity contribution in [2.45, 2.75) is 96.1 Å². The van der Waals surface area contributed by atoms with E-state index in [1.165, 1.54) is 17.8 Å². The van der Waals surface area contributed by atoms with Gasteiger partial charge in [0.2, 0.25) is 5.91 Å². The van der Waals surface area contributed by atoms with Gasteiger partial charge in [-0.15, -0.1) is 11.3 Å². The maximum Gasteiger partial charge on any atom is 0.348 e. The molecule has 0 bridgehead atoms. The van der Waals surface area contributed by atoms with Gasteiger partial charge >= 0.3 is 5.97 Å². The molecule has 3 rings (SSSR count). The number of hydrogen-bond donors (Lipinski definition) is 5. The van der Waals surface area contributed by atoms with Crippen LogP contribution < -0.4 is 4.90 Å². The van der Waals surface area contributed by atoms with E-state index in [0.29, 0.717) is 11.3 Å². The Labute approximate surface area is 241 Å². The maximum atomic E-state index is 11.8. The van der Waals surface area contributed by atoms with Crippen molar-refractivity contribution in [3.8, 4) is 0 Å². The number of unbranched alkanes of at least 4 members (excludes halogenated alkanes) is 2. The molecule has 1 aliphatic heterocycles. The van der Waals surface area contributed by atoms with Crippen molar-refractivity contribution >= 4 is 28.9 Å². The van der Waals surface area contributed by atoms with Gasteiger partial charge in [0, 0.05) is 30.0 Å². The molecule has 1 aromatic carbocycles. The summed E-state index contributed by atoms with van der Waals surface area (Å²) in [6, 6.07) is 11.4. The Bertz CT molecular complexity index is 1010. The zero-order chi connectivity index (χ0) is 29.5. The molecule has 1 fully saturated rings. The monoisotopic (exact) mass is 579 g/mol. The second-order valence-corrected chi connectivity index (χ2v) is 11.2. The first-order chi connectivity index (χ1) is 19.2. The molecule has 10 heteroatoms. The molecule has 1 amide bonds. The molecule has 40 heavy (non-hydrogen) atoms. The third-order valence-electron chi connectivity index (χ3n) is 6.73. The lowest BCUT2D eigenvalue weighted by Gasteiger charge is -2.21. The fraction of sp³-hybridized carbons (Fsp3) is 0.600. The molecular weight excluding hydrogens is 534 g/mol. The highest BCUT2D eigenvalue weighted by molar-refractivity contribution is 7.13. The van der Waals surface area contributed by atoms with Crippen LogP contribution in [-0.2, 0) is 16.0 Å². The average molecular weight is 580 g/mol. The number of aliphatic hydroxyl groups is 5. The van der Waals surface area contributed by atoms with Gasteiger partial charge in [-0.05, 0) is 49.1 Å². The molecule has 0 saturated carbocycles. The quantitative estimate of drug-likeness (QED) is 0.158. The number of carbonyl (C=O) groups is 2. The molecule has 0 radical (unpaired) electrons. The minimum absolute atomic E-state index is 0.0167. The summed E-state index contributed by atoms with van der Waals surface area (Å²) < 4.78 is 5.01. The molecule has 2 heterocycles. The number of hydrogen-bond acceptors (Lipinski definition) is 9. The molecule has 2 aromatic rings. The first-order valence-electron chi connectivity index (χ1n) is 14.2. The van der Waals surface area contributed by atoms with Crippen LogP contribution in [0.15, 0.2) is 36.4 Å². The molecule has 4 atom stereocenters. The van der Waals surface area contributed by atoms with Crippen LogP contribution in [-0.4, -0.2) is 75.5 Å². The van der Waals surface area contributed by atoms with Crippen LogP contribution in [0.5, 0.6) is 0 Å². The van der Waals surface area contributed by atoms with Gasteiger partial charge in [-0.2, -0.15) is 0 Å². The van der Waals surface area contributed by atoms with Crippen LogP contribution in [0.1, 0.15) is 91.4 Å². The van der Waals surface area contributed by atoms with Crippen LogP contribution >= 0.6 is 11.3 Å². The van der Waals surface area contributed by atoms with Crippen molar-refractivity contribution in [1.29, 1.82) is 0 Å². The van der Waals surface area contributed by atoms with E-state index in [9.17, 15) is 30.0 Å². The fourth-order valence-electron chi connectivity index (χ4n) is 4.30. The minimum Gasteiger partial charge on any atom is -0.461 e. The van der Waals surface area contributed by atoms with Crippen LogP contribution in [0.3, 0.4) is 0 Å². The van der Waals surface area contributed by atoms with E-state index < -0.39 is 30.9 Å². The topological polar surface area (TPSA) is 148 Å². The van der Waals surface area contributed by atoms with Gasteiger partial charge in [0.15, 0.2) is 0 Å². The van der Waals surface area contributed by atoms with Crippen molar-refractivity contribution in [3.63, 3.8) is 0 Å². The fourth-order valence-corrected chi connectivity index (χ4v) is 5.30.